The van der Waals surface area contributed by atoms with Crippen molar-refractivity contribution in [1.29, 1.82) is 0 Å². The molecular weight excluding hydrogens is 251 g/mol. The third-order valence-electron chi connectivity index (χ3n) is 2.73. The van der Waals surface area contributed by atoms with Crippen LogP contribution < -0.4 is 5.32 Å². The molecule has 0 saturated heterocycles. The number of halogens is 1. The third-order valence-corrected chi connectivity index (χ3v) is 2.73. The van der Waals surface area contributed by atoms with E-state index in [0.29, 0.717) is 10.9 Å². The van der Waals surface area contributed by atoms with Gasteiger partial charge in [-0.05, 0) is 31.2 Å². The van der Waals surface area contributed by atoms with Crippen LogP contribution in [0, 0.1) is 5.82 Å². The zero-order valence-electron chi connectivity index (χ0n) is 10.5. The first-order chi connectivity index (χ1) is 9.01. The molecule has 5 nitrogen and oxygen atoms in total. The summed E-state index contributed by atoms with van der Waals surface area (Å²) in [7, 11) is 1.25. The second-order valence-electron chi connectivity index (χ2n) is 4.13. The average Bonchev–Trinajstić information content (AvgIpc) is 2.80. The van der Waals surface area contributed by atoms with Crippen LogP contribution in [0.25, 0.3) is 10.9 Å². The highest BCUT2D eigenvalue weighted by Crippen LogP contribution is 2.16. The fourth-order valence-electron chi connectivity index (χ4n) is 1.74. The fraction of sp³-hybridized carbons (Fsp3) is 0.231. The molecule has 0 saturated carbocycles. The molecule has 2 N–H and O–H groups in total. The van der Waals surface area contributed by atoms with Gasteiger partial charge in [-0.2, -0.15) is 0 Å². The van der Waals surface area contributed by atoms with Crippen LogP contribution in [0.15, 0.2) is 24.3 Å². The Morgan fingerprint density at radius 3 is 2.79 bits per heavy atom. The summed E-state index contributed by atoms with van der Waals surface area (Å²) >= 11 is 0. The normalized spacial score (nSPS) is 12.2. The number of aromatic amines is 1. The van der Waals surface area contributed by atoms with Gasteiger partial charge in [0.05, 0.1) is 7.11 Å². The van der Waals surface area contributed by atoms with Gasteiger partial charge in [0.1, 0.15) is 17.6 Å². The largest absolute Gasteiger partial charge is 0.467 e. The second-order valence-corrected chi connectivity index (χ2v) is 4.13. The number of methoxy groups -OCH3 is 1. The molecule has 1 unspecified atom stereocenters. The van der Waals surface area contributed by atoms with Crippen LogP contribution in [0.1, 0.15) is 17.4 Å². The predicted molar refractivity (Wildman–Crippen MR) is 67.2 cm³/mol. The minimum atomic E-state index is -0.749. The standard InChI is InChI=1S/C13H13FN2O3/c1-7(13(18)19-2)15-12(17)11-6-8-5-9(14)3-4-10(8)16-11/h3-7,16H,1-2H3,(H,15,17). The molecule has 1 heterocycles. The number of fused-ring (bicyclic) bond motifs is 1. The van der Waals surface area contributed by atoms with Gasteiger partial charge < -0.3 is 15.0 Å². The van der Waals surface area contributed by atoms with Crippen LogP contribution in [-0.2, 0) is 9.53 Å². The monoisotopic (exact) mass is 264 g/mol. The maximum absolute atomic E-state index is 13.0. The maximum atomic E-state index is 13.0. The molecule has 19 heavy (non-hydrogen) atoms. The van der Waals surface area contributed by atoms with Crippen molar-refractivity contribution in [2.75, 3.05) is 7.11 Å². The van der Waals surface area contributed by atoms with E-state index in [4.69, 9.17) is 0 Å². The van der Waals surface area contributed by atoms with Crippen LogP contribution >= 0.6 is 0 Å². The van der Waals surface area contributed by atoms with Crippen molar-refractivity contribution in [2.45, 2.75) is 13.0 Å². The molecule has 0 aliphatic carbocycles. The number of hydrogen-bond acceptors (Lipinski definition) is 3. The average molecular weight is 264 g/mol. The highest BCUT2D eigenvalue weighted by atomic mass is 19.1. The van der Waals surface area contributed by atoms with Crippen molar-refractivity contribution in [2.24, 2.45) is 0 Å². The molecule has 1 aromatic carbocycles. The van der Waals surface area contributed by atoms with E-state index in [1.54, 1.807) is 6.07 Å². The molecule has 0 radical (unpaired) electrons. The van der Waals surface area contributed by atoms with Gasteiger partial charge in [0.15, 0.2) is 0 Å². The van der Waals surface area contributed by atoms with Gasteiger partial charge in [-0.3, -0.25) is 4.79 Å². The molecule has 1 aromatic heterocycles. The molecule has 0 bridgehead atoms. The molecule has 1 atom stereocenters. The van der Waals surface area contributed by atoms with E-state index in [1.165, 1.54) is 32.2 Å². The summed E-state index contributed by atoms with van der Waals surface area (Å²) in [5.41, 5.74) is 0.911. The molecule has 0 spiro atoms. The van der Waals surface area contributed by atoms with E-state index in [1.807, 2.05) is 0 Å². The quantitative estimate of drug-likeness (QED) is 0.827. The number of carbonyl (C=O) groups excluding carboxylic acids is 2. The molecule has 2 rings (SSSR count). The van der Waals surface area contributed by atoms with Crippen LogP contribution in [0.3, 0.4) is 0 Å². The highest BCUT2D eigenvalue weighted by Gasteiger charge is 2.18. The summed E-state index contributed by atoms with van der Waals surface area (Å²) in [6, 6.07) is 4.95. The lowest BCUT2D eigenvalue weighted by atomic mass is 10.2. The van der Waals surface area contributed by atoms with Crippen molar-refractivity contribution in [3.63, 3.8) is 0 Å². The van der Waals surface area contributed by atoms with Crippen molar-refractivity contribution in [1.82, 2.24) is 10.3 Å². The smallest absolute Gasteiger partial charge is 0.328 e. The Kier molecular flexibility index (Phi) is 3.50. The Morgan fingerprint density at radius 2 is 2.11 bits per heavy atom. The molecule has 0 aliphatic rings. The minimum Gasteiger partial charge on any atom is -0.467 e. The fourth-order valence-corrected chi connectivity index (χ4v) is 1.74. The van der Waals surface area contributed by atoms with Gasteiger partial charge in [-0.1, -0.05) is 0 Å². The molecule has 6 heteroatoms. The number of ether oxygens (including phenoxy) is 1. The van der Waals surface area contributed by atoms with Gasteiger partial charge >= 0.3 is 5.97 Å². The van der Waals surface area contributed by atoms with Crippen molar-refractivity contribution in [3.8, 4) is 0 Å². The number of nitrogens with one attached hydrogen (secondary N) is 2. The summed E-state index contributed by atoms with van der Waals surface area (Å²) < 4.78 is 17.5. The van der Waals surface area contributed by atoms with Crippen LogP contribution in [-0.4, -0.2) is 30.0 Å². The van der Waals surface area contributed by atoms with E-state index in [-0.39, 0.29) is 11.5 Å². The lowest BCUT2D eigenvalue weighted by Crippen LogP contribution is -2.39. The van der Waals surface area contributed by atoms with Gasteiger partial charge in [0.25, 0.3) is 5.91 Å². The van der Waals surface area contributed by atoms with Gasteiger partial charge in [-0.25, -0.2) is 9.18 Å². The molecule has 2 aromatic rings. The van der Waals surface area contributed by atoms with E-state index in [2.05, 4.69) is 15.0 Å². The number of benzene rings is 1. The Labute approximate surface area is 108 Å². The number of hydrogen-bond donors (Lipinski definition) is 2. The first-order valence-electron chi connectivity index (χ1n) is 5.68. The van der Waals surface area contributed by atoms with Crippen molar-refractivity contribution < 1.29 is 18.7 Å². The van der Waals surface area contributed by atoms with Gasteiger partial charge in [-0.15, -0.1) is 0 Å². The lowest BCUT2D eigenvalue weighted by molar-refractivity contribution is -0.142. The summed E-state index contributed by atoms with van der Waals surface area (Å²) in [4.78, 5) is 25.9. The van der Waals surface area contributed by atoms with Crippen molar-refractivity contribution >= 4 is 22.8 Å². The second kappa shape index (κ2) is 5.09. The Hall–Kier alpha value is -2.37. The Balaban J connectivity index is 2.20. The minimum absolute atomic E-state index is 0.261. The van der Waals surface area contributed by atoms with Crippen LogP contribution in [0.4, 0.5) is 4.39 Å². The van der Waals surface area contributed by atoms with Crippen LogP contribution in [0.2, 0.25) is 0 Å². The Bertz CT molecular complexity index is 636. The van der Waals surface area contributed by atoms with E-state index in [9.17, 15) is 14.0 Å². The Morgan fingerprint density at radius 1 is 1.37 bits per heavy atom. The molecule has 0 fully saturated rings. The molecule has 0 aliphatic heterocycles. The zero-order valence-corrected chi connectivity index (χ0v) is 10.5. The maximum Gasteiger partial charge on any atom is 0.328 e. The first-order valence-corrected chi connectivity index (χ1v) is 5.68. The number of aromatic nitrogens is 1. The van der Waals surface area contributed by atoms with E-state index < -0.39 is 17.9 Å². The van der Waals surface area contributed by atoms with Crippen LogP contribution in [0.5, 0.6) is 0 Å². The van der Waals surface area contributed by atoms with E-state index >= 15 is 0 Å². The number of amides is 1. The first kappa shape index (κ1) is 13.1. The molecular formula is C13H13FN2O3. The van der Waals surface area contributed by atoms with Crippen molar-refractivity contribution in [3.05, 3.63) is 35.8 Å². The topological polar surface area (TPSA) is 71.2 Å². The molecule has 100 valence electrons. The number of rotatable bonds is 3. The predicted octanol–water partition coefficient (Wildman–Crippen LogP) is 1.60. The lowest BCUT2D eigenvalue weighted by Gasteiger charge is -2.10. The summed E-state index contributed by atoms with van der Waals surface area (Å²) in [6.45, 7) is 1.52. The number of esters is 1. The zero-order chi connectivity index (χ0) is 14.0. The molecule has 1 amide bonds. The third kappa shape index (κ3) is 2.73. The summed E-state index contributed by atoms with van der Waals surface area (Å²) in [5.74, 6) is -1.36. The van der Waals surface area contributed by atoms with Gasteiger partial charge in [0.2, 0.25) is 0 Å². The number of H-pyrrole nitrogens is 1. The SMILES string of the molecule is COC(=O)C(C)NC(=O)c1cc2cc(F)ccc2[nH]1. The highest BCUT2D eigenvalue weighted by molar-refractivity contribution is 5.99. The summed E-state index contributed by atoms with van der Waals surface area (Å²) in [5, 5.41) is 3.08. The summed E-state index contributed by atoms with van der Waals surface area (Å²) in [6.07, 6.45) is 0. The van der Waals surface area contributed by atoms with E-state index in [0.717, 1.165) is 0 Å². The van der Waals surface area contributed by atoms with Gasteiger partial charge in [0, 0.05) is 10.9 Å². The number of carbonyl (C=O) groups is 2.